The number of aromatic amines is 1. The van der Waals surface area contributed by atoms with Crippen LogP contribution in [0, 0.1) is 0 Å². The molecule has 1 aromatic carbocycles. The molecule has 6 nitrogen and oxygen atoms in total. The highest BCUT2D eigenvalue weighted by molar-refractivity contribution is 5.93. The molecule has 110 valence electrons. The van der Waals surface area contributed by atoms with Gasteiger partial charge in [-0.25, -0.2) is 4.98 Å². The molecule has 6 heteroatoms. The summed E-state index contributed by atoms with van der Waals surface area (Å²) in [5, 5.41) is 2.75. The highest BCUT2D eigenvalue weighted by Gasteiger charge is 2.14. The molecule has 1 heterocycles. The summed E-state index contributed by atoms with van der Waals surface area (Å²) < 4.78 is 0. The van der Waals surface area contributed by atoms with Gasteiger partial charge in [0.1, 0.15) is 5.56 Å². The summed E-state index contributed by atoms with van der Waals surface area (Å²) >= 11 is 0. The number of H-pyrrole nitrogens is 1. The molecule has 21 heavy (non-hydrogen) atoms. The fourth-order valence-electron chi connectivity index (χ4n) is 1.90. The summed E-state index contributed by atoms with van der Waals surface area (Å²) in [7, 11) is 1.96. The lowest BCUT2D eigenvalue weighted by Gasteiger charge is -2.27. The number of carbonyl (C=O) groups is 1. The van der Waals surface area contributed by atoms with Crippen molar-refractivity contribution in [2.45, 2.75) is 13.0 Å². The SMILES string of the molecule is C[C@@H](CNC(=O)c1cnc[nH]c1=O)N(C)c1ccccc1. The Morgan fingerprint density at radius 3 is 2.76 bits per heavy atom. The molecule has 2 aromatic rings. The van der Waals surface area contributed by atoms with E-state index in [1.165, 1.54) is 12.5 Å². The molecule has 0 radical (unpaired) electrons. The second-order valence-corrected chi connectivity index (χ2v) is 4.80. The third-order valence-electron chi connectivity index (χ3n) is 3.35. The van der Waals surface area contributed by atoms with Gasteiger partial charge in [-0.2, -0.15) is 0 Å². The summed E-state index contributed by atoms with van der Waals surface area (Å²) in [5.41, 5.74) is 0.650. The van der Waals surface area contributed by atoms with Crippen molar-refractivity contribution < 1.29 is 4.79 Å². The first-order valence-corrected chi connectivity index (χ1v) is 6.68. The molecule has 1 aromatic heterocycles. The van der Waals surface area contributed by atoms with E-state index in [0.29, 0.717) is 6.54 Å². The number of aromatic nitrogens is 2. The number of nitrogens with zero attached hydrogens (tertiary/aromatic N) is 2. The van der Waals surface area contributed by atoms with E-state index >= 15 is 0 Å². The predicted octanol–water partition coefficient (Wildman–Crippen LogP) is 1.02. The quantitative estimate of drug-likeness (QED) is 0.860. The molecule has 0 aliphatic heterocycles. The van der Waals surface area contributed by atoms with Gasteiger partial charge in [-0.1, -0.05) is 18.2 Å². The molecule has 0 unspecified atom stereocenters. The zero-order valence-corrected chi connectivity index (χ0v) is 12.0. The van der Waals surface area contributed by atoms with Gasteiger partial charge < -0.3 is 15.2 Å². The number of carbonyl (C=O) groups excluding carboxylic acids is 1. The largest absolute Gasteiger partial charge is 0.370 e. The van der Waals surface area contributed by atoms with Crippen molar-refractivity contribution in [2.75, 3.05) is 18.5 Å². The molecule has 0 saturated carbocycles. The van der Waals surface area contributed by atoms with Crippen molar-refractivity contribution in [1.82, 2.24) is 15.3 Å². The second-order valence-electron chi connectivity index (χ2n) is 4.80. The number of anilines is 1. The van der Waals surface area contributed by atoms with Crippen LogP contribution in [0.1, 0.15) is 17.3 Å². The van der Waals surface area contributed by atoms with Crippen LogP contribution in [-0.4, -0.2) is 35.5 Å². The number of benzene rings is 1. The average molecular weight is 286 g/mol. The van der Waals surface area contributed by atoms with Gasteiger partial charge in [-0.3, -0.25) is 9.59 Å². The van der Waals surface area contributed by atoms with Gasteiger partial charge in [0.15, 0.2) is 0 Å². The maximum Gasteiger partial charge on any atom is 0.263 e. The van der Waals surface area contributed by atoms with E-state index in [9.17, 15) is 9.59 Å². The van der Waals surface area contributed by atoms with E-state index in [4.69, 9.17) is 0 Å². The van der Waals surface area contributed by atoms with E-state index in [0.717, 1.165) is 5.69 Å². The van der Waals surface area contributed by atoms with E-state index in [2.05, 4.69) is 20.2 Å². The molecule has 0 saturated heterocycles. The normalized spacial score (nSPS) is 11.7. The zero-order valence-electron chi connectivity index (χ0n) is 12.0. The Morgan fingerprint density at radius 1 is 1.38 bits per heavy atom. The second kappa shape index (κ2) is 6.69. The number of rotatable bonds is 5. The van der Waals surface area contributed by atoms with Crippen LogP contribution in [0.2, 0.25) is 0 Å². The van der Waals surface area contributed by atoms with E-state index < -0.39 is 11.5 Å². The van der Waals surface area contributed by atoms with Crippen LogP contribution in [0.25, 0.3) is 0 Å². The Balaban J connectivity index is 1.95. The Bertz CT molecular complexity index is 654. The van der Waals surface area contributed by atoms with Crippen LogP contribution in [0.3, 0.4) is 0 Å². The summed E-state index contributed by atoms with van der Waals surface area (Å²) in [6.07, 6.45) is 2.52. The number of hydrogen-bond acceptors (Lipinski definition) is 4. The lowest BCUT2D eigenvalue weighted by Crippen LogP contribution is -2.41. The fraction of sp³-hybridized carbons (Fsp3) is 0.267. The minimum Gasteiger partial charge on any atom is -0.370 e. The molecule has 0 aliphatic rings. The molecular weight excluding hydrogens is 268 g/mol. The van der Waals surface area contributed by atoms with Crippen LogP contribution < -0.4 is 15.8 Å². The van der Waals surface area contributed by atoms with Crippen molar-refractivity contribution >= 4 is 11.6 Å². The van der Waals surface area contributed by atoms with Gasteiger partial charge in [-0.05, 0) is 19.1 Å². The fourth-order valence-corrected chi connectivity index (χ4v) is 1.90. The lowest BCUT2D eigenvalue weighted by atomic mass is 10.2. The Hall–Kier alpha value is -2.63. The Morgan fingerprint density at radius 2 is 2.10 bits per heavy atom. The summed E-state index contributed by atoms with van der Waals surface area (Å²) in [6, 6.07) is 9.98. The van der Waals surface area contributed by atoms with Gasteiger partial charge in [0.25, 0.3) is 11.5 Å². The minimum atomic E-state index is -0.438. The van der Waals surface area contributed by atoms with Crippen LogP contribution in [-0.2, 0) is 0 Å². The highest BCUT2D eigenvalue weighted by Crippen LogP contribution is 2.13. The third-order valence-corrected chi connectivity index (χ3v) is 3.35. The van der Waals surface area contributed by atoms with Crippen molar-refractivity contribution in [3.63, 3.8) is 0 Å². The van der Waals surface area contributed by atoms with E-state index in [-0.39, 0.29) is 11.6 Å². The van der Waals surface area contributed by atoms with E-state index in [1.54, 1.807) is 0 Å². The number of likely N-dealkylation sites (N-methyl/N-ethyl adjacent to an activating group) is 1. The Labute approximate surface area is 122 Å². The molecule has 0 bridgehead atoms. The van der Waals surface area contributed by atoms with Gasteiger partial charge in [0.05, 0.1) is 6.33 Å². The van der Waals surface area contributed by atoms with Crippen LogP contribution in [0.15, 0.2) is 47.7 Å². The molecule has 0 spiro atoms. The van der Waals surface area contributed by atoms with Crippen LogP contribution >= 0.6 is 0 Å². The van der Waals surface area contributed by atoms with Crippen LogP contribution in [0.4, 0.5) is 5.69 Å². The zero-order chi connectivity index (χ0) is 15.2. The monoisotopic (exact) mass is 286 g/mol. The standard InChI is InChI=1S/C15H18N4O2/c1-11(19(2)12-6-4-3-5-7-12)8-17-14(20)13-9-16-10-18-15(13)21/h3-7,9-11H,8H2,1-2H3,(H,17,20)(H,16,18,21)/t11-/m0/s1. The smallest absolute Gasteiger partial charge is 0.263 e. The molecule has 1 amide bonds. The molecule has 0 fully saturated rings. The van der Waals surface area contributed by atoms with Gasteiger partial charge >= 0.3 is 0 Å². The minimum absolute atomic E-state index is 0.0204. The lowest BCUT2D eigenvalue weighted by molar-refractivity contribution is 0.0949. The molecule has 2 rings (SSSR count). The van der Waals surface area contributed by atoms with Gasteiger partial charge in [0, 0.05) is 31.5 Å². The van der Waals surface area contributed by atoms with Gasteiger partial charge in [-0.15, -0.1) is 0 Å². The first kappa shape index (κ1) is 14.8. The summed E-state index contributed by atoms with van der Waals surface area (Å²) in [6.45, 7) is 2.43. The number of hydrogen-bond donors (Lipinski definition) is 2. The highest BCUT2D eigenvalue weighted by atomic mass is 16.2. The predicted molar refractivity (Wildman–Crippen MR) is 81.5 cm³/mol. The summed E-state index contributed by atoms with van der Waals surface area (Å²) in [5.74, 6) is -0.419. The maximum absolute atomic E-state index is 11.9. The number of nitrogens with one attached hydrogen (secondary N) is 2. The summed E-state index contributed by atoms with van der Waals surface area (Å²) in [4.78, 5) is 31.6. The first-order valence-electron chi connectivity index (χ1n) is 6.68. The van der Waals surface area contributed by atoms with Crippen molar-refractivity contribution in [3.05, 3.63) is 58.8 Å². The third kappa shape index (κ3) is 3.68. The number of para-hydroxylation sites is 1. The molecular formula is C15H18N4O2. The topological polar surface area (TPSA) is 78.1 Å². The van der Waals surface area contributed by atoms with Crippen LogP contribution in [0.5, 0.6) is 0 Å². The first-order chi connectivity index (χ1) is 10.1. The van der Waals surface area contributed by atoms with Crippen molar-refractivity contribution in [1.29, 1.82) is 0 Å². The Kier molecular flexibility index (Phi) is 4.71. The average Bonchev–Trinajstić information content (AvgIpc) is 2.52. The van der Waals surface area contributed by atoms with Crippen molar-refractivity contribution in [2.24, 2.45) is 0 Å². The molecule has 0 aliphatic carbocycles. The number of amides is 1. The molecule has 2 N–H and O–H groups in total. The maximum atomic E-state index is 11.9. The van der Waals surface area contributed by atoms with Crippen molar-refractivity contribution in [3.8, 4) is 0 Å². The van der Waals surface area contributed by atoms with E-state index in [1.807, 2.05) is 44.3 Å². The molecule has 1 atom stereocenters. The van der Waals surface area contributed by atoms with Gasteiger partial charge in [0.2, 0.25) is 0 Å².